The number of nitrogens with one attached hydrogen (secondary N) is 1. The summed E-state index contributed by atoms with van der Waals surface area (Å²) in [6, 6.07) is 14.3. The molecule has 0 saturated carbocycles. The average Bonchev–Trinajstić information content (AvgIpc) is 2.67. The van der Waals surface area contributed by atoms with Crippen molar-refractivity contribution in [1.82, 2.24) is 5.32 Å². The van der Waals surface area contributed by atoms with Crippen molar-refractivity contribution in [2.75, 3.05) is 0 Å². The van der Waals surface area contributed by atoms with Crippen LogP contribution in [0.1, 0.15) is 53.6 Å². The van der Waals surface area contributed by atoms with Crippen LogP contribution < -0.4 is 11.1 Å². The number of hydrogen-bond acceptors (Lipinski definition) is 5. The summed E-state index contributed by atoms with van der Waals surface area (Å²) >= 11 is 0. The number of fused-ring (bicyclic) bond motifs is 1. The van der Waals surface area contributed by atoms with Crippen LogP contribution in [0.5, 0.6) is 0 Å². The number of aryl methyl sites for hydroxylation is 1. The molecule has 2 aromatic rings. The van der Waals surface area contributed by atoms with Crippen LogP contribution in [0.4, 0.5) is 0 Å². The fraction of sp³-hybridized carbons (Fsp3) is 0.350. The second-order valence-corrected chi connectivity index (χ2v) is 7.35. The van der Waals surface area contributed by atoms with Crippen molar-refractivity contribution in [3.8, 4) is 0 Å². The Morgan fingerprint density at radius 1 is 1.22 bits per heavy atom. The first kappa shape index (κ1) is 19.3. The van der Waals surface area contributed by atoms with Gasteiger partial charge in [-0.25, -0.2) is 0 Å². The van der Waals surface area contributed by atoms with Gasteiger partial charge < -0.3 is 11.1 Å². The first-order chi connectivity index (χ1) is 13.1. The third kappa shape index (κ3) is 5.02. The van der Waals surface area contributed by atoms with Gasteiger partial charge in [-0.1, -0.05) is 48.5 Å². The van der Waals surface area contributed by atoms with E-state index in [2.05, 4.69) is 15.7 Å². The van der Waals surface area contributed by atoms with E-state index >= 15 is 0 Å². The Balaban J connectivity index is 1.75. The van der Waals surface area contributed by atoms with Crippen LogP contribution in [0.3, 0.4) is 0 Å². The van der Waals surface area contributed by atoms with Crippen LogP contribution in [0.25, 0.3) is 0 Å². The van der Waals surface area contributed by atoms with Gasteiger partial charge in [-0.3, -0.25) is 4.79 Å². The van der Waals surface area contributed by atoms with E-state index < -0.39 is 16.5 Å². The molecule has 0 aliphatic heterocycles. The van der Waals surface area contributed by atoms with Crippen LogP contribution in [0, 0.1) is 0 Å². The highest BCUT2D eigenvalue weighted by molar-refractivity contribution is 7.61. The van der Waals surface area contributed by atoms with Gasteiger partial charge in [0.1, 0.15) is 6.04 Å². The number of amides is 1. The highest BCUT2D eigenvalue weighted by Crippen LogP contribution is 2.31. The van der Waals surface area contributed by atoms with Crippen molar-refractivity contribution in [1.29, 1.82) is 0 Å². The van der Waals surface area contributed by atoms with Gasteiger partial charge in [-0.15, -0.1) is 0 Å². The van der Waals surface area contributed by atoms with E-state index in [1.54, 1.807) is 24.3 Å². The summed E-state index contributed by atoms with van der Waals surface area (Å²) in [7, 11) is -2.58. The summed E-state index contributed by atoms with van der Waals surface area (Å²) in [5.74, 6) is -0.209. The van der Waals surface area contributed by atoms with Crippen molar-refractivity contribution in [2.45, 2.75) is 44.3 Å². The maximum atomic E-state index is 12.6. The predicted octanol–water partition coefficient (Wildman–Crippen LogP) is 2.83. The van der Waals surface area contributed by atoms with E-state index in [-0.39, 0.29) is 18.4 Å². The topological polar surface area (TPSA) is 102 Å². The lowest BCUT2D eigenvalue weighted by Gasteiger charge is -2.27. The molecule has 7 heteroatoms. The maximum Gasteiger partial charge on any atom is 0.311 e. The molecule has 6 nitrogen and oxygen atoms in total. The normalized spacial score (nSPS) is 16.9. The smallest absolute Gasteiger partial charge is 0.311 e. The first-order valence-corrected chi connectivity index (χ1v) is 10.1. The SMILES string of the molecule is NCc1ccc2c(c1)CCCC2NC(=O)CC(N=S(=O)=O)c1ccccc1. The van der Waals surface area contributed by atoms with Crippen LogP contribution in [0.15, 0.2) is 52.9 Å². The Kier molecular flexibility index (Phi) is 6.36. The number of nitrogens with zero attached hydrogens (tertiary/aromatic N) is 1. The highest BCUT2D eigenvalue weighted by Gasteiger charge is 2.24. The van der Waals surface area contributed by atoms with Crippen molar-refractivity contribution in [3.63, 3.8) is 0 Å². The lowest BCUT2D eigenvalue weighted by atomic mass is 9.86. The lowest BCUT2D eigenvalue weighted by Crippen LogP contribution is -2.31. The molecular formula is C20H23N3O3S. The number of carbonyl (C=O) groups is 1. The Labute approximate surface area is 160 Å². The number of rotatable bonds is 6. The molecule has 2 aromatic carbocycles. The molecule has 0 fully saturated rings. The Morgan fingerprint density at radius 3 is 2.70 bits per heavy atom. The predicted molar refractivity (Wildman–Crippen MR) is 103 cm³/mol. The molecular weight excluding hydrogens is 362 g/mol. The molecule has 1 aliphatic carbocycles. The van der Waals surface area contributed by atoms with Crippen molar-refractivity contribution in [3.05, 3.63) is 70.8 Å². The van der Waals surface area contributed by atoms with E-state index in [1.165, 1.54) is 5.56 Å². The molecule has 1 amide bonds. The number of hydrogen-bond donors (Lipinski definition) is 2. The minimum atomic E-state index is -2.58. The van der Waals surface area contributed by atoms with Gasteiger partial charge in [0.2, 0.25) is 5.91 Å². The zero-order chi connectivity index (χ0) is 19.2. The number of nitrogens with two attached hydrogens (primary N) is 1. The van der Waals surface area contributed by atoms with E-state index in [9.17, 15) is 13.2 Å². The third-order valence-electron chi connectivity index (χ3n) is 4.87. The molecule has 0 spiro atoms. The Morgan fingerprint density at radius 2 is 2.00 bits per heavy atom. The highest BCUT2D eigenvalue weighted by atomic mass is 32.2. The van der Waals surface area contributed by atoms with Crippen LogP contribution in [0.2, 0.25) is 0 Å². The van der Waals surface area contributed by atoms with E-state index in [1.807, 2.05) is 18.2 Å². The van der Waals surface area contributed by atoms with Crippen LogP contribution in [-0.2, 0) is 28.3 Å². The zero-order valence-electron chi connectivity index (χ0n) is 15.0. The molecule has 27 heavy (non-hydrogen) atoms. The summed E-state index contributed by atoms with van der Waals surface area (Å²) < 4.78 is 25.8. The molecule has 0 aromatic heterocycles. The minimum Gasteiger partial charge on any atom is -0.349 e. The molecule has 0 radical (unpaired) electrons. The number of carbonyl (C=O) groups excluding carboxylic acids is 1. The third-order valence-corrected chi connectivity index (χ3v) is 5.30. The van der Waals surface area contributed by atoms with Gasteiger partial charge in [0.15, 0.2) is 0 Å². The molecule has 1 aliphatic rings. The van der Waals surface area contributed by atoms with Crippen molar-refractivity contribution >= 4 is 16.4 Å². The fourth-order valence-electron chi connectivity index (χ4n) is 3.57. The number of benzene rings is 2. The fourth-order valence-corrected chi connectivity index (χ4v) is 3.97. The Hall–Kier alpha value is -2.51. The Bertz CT molecular complexity index is 934. The second kappa shape index (κ2) is 8.92. The molecule has 2 unspecified atom stereocenters. The largest absolute Gasteiger partial charge is 0.349 e. The van der Waals surface area contributed by atoms with E-state index in [4.69, 9.17) is 5.73 Å². The van der Waals surface area contributed by atoms with E-state index in [0.717, 1.165) is 30.4 Å². The lowest BCUT2D eigenvalue weighted by molar-refractivity contribution is -0.122. The molecule has 0 bridgehead atoms. The monoisotopic (exact) mass is 385 g/mol. The summed E-state index contributed by atoms with van der Waals surface area (Å²) in [4.78, 5) is 12.6. The molecule has 0 saturated heterocycles. The van der Waals surface area contributed by atoms with Crippen LogP contribution >= 0.6 is 0 Å². The quantitative estimate of drug-likeness (QED) is 0.798. The minimum absolute atomic E-state index is 0.00922. The summed E-state index contributed by atoms with van der Waals surface area (Å²) in [6.45, 7) is 0.497. The van der Waals surface area contributed by atoms with Gasteiger partial charge in [-0.05, 0) is 41.5 Å². The molecule has 3 rings (SSSR count). The van der Waals surface area contributed by atoms with Gasteiger partial charge in [0.25, 0.3) is 0 Å². The zero-order valence-corrected chi connectivity index (χ0v) is 15.8. The van der Waals surface area contributed by atoms with Gasteiger partial charge in [-0.2, -0.15) is 12.8 Å². The van der Waals surface area contributed by atoms with E-state index in [0.29, 0.717) is 12.1 Å². The molecule has 2 atom stereocenters. The summed E-state index contributed by atoms with van der Waals surface area (Å²) in [5.41, 5.74) is 9.84. The van der Waals surface area contributed by atoms with Crippen LogP contribution in [-0.4, -0.2) is 14.3 Å². The van der Waals surface area contributed by atoms with Gasteiger partial charge >= 0.3 is 10.5 Å². The summed E-state index contributed by atoms with van der Waals surface area (Å²) in [5, 5.41) is 3.05. The van der Waals surface area contributed by atoms with Crippen molar-refractivity contribution in [2.24, 2.45) is 10.1 Å². The average molecular weight is 385 g/mol. The first-order valence-electron chi connectivity index (χ1n) is 9.03. The standard InChI is InChI=1S/C20H23N3O3S/c21-13-14-9-10-17-16(11-14)7-4-8-18(17)22-20(24)12-19(23-27(25)26)15-5-2-1-3-6-15/h1-3,5-6,9-11,18-19H,4,7-8,12-13,21H2,(H,22,24). The van der Waals surface area contributed by atoms with Gasteiger partial charge in [0.05, 0.1) is 12.5 Å². The second-order valence-electron chi connectivity index (χ2n) is 6.70. The maximum absolute atomic E-state index is 12.6. The molecule has 0 heterocycles. The van der Waals surface area contributed by atoms with Crippen molar-refractivity contribution < 1.29 is 13.2 Å². The summed E-state index contributed by atoms with van der Waals surface area (Å²) in [6.07, 6.45) is 2.82. The molecule has 3 N–H and O–H groups in total. The van der Waals surface area contributed by atoms with Gasteiger partial charge in [0, 0.05) is 6.54 Å². The molecule has 142 valence electrons.